The topological polar surface area (TPSA) is 102 Å². The molecule has 0 atom stereocenters. The van der Waals surface area contributed by atoms with Crippen LogP contribution in [0.3, 0.4) is 0 Å². The van der Waals surface area contributed by atoms with Crippen LogP contribution in [0.15, 0.2) is 17.1 Å². The number of nitrogens with zero attached hydrogens (tertiary/aromatic N) is 1. The molecule has 64 valence electrons. The molecular formula is C6H7N3O3. The maximum Gasteiger partial charge on any atom is 0.334 e. The van der Waals surface area contributed by atoms with E-state index in [1.807, 2.05) is 0 Å². The number of H-pyrrole nitrogens is 1. The van der Waals surface area contributed by atoms with E-state index < -0.39 is 16.2 Å². The summed E-state index contributed by atoms with van der Waals surface area (Å²) in [5.74, 6) is 0. The number of pyridine rings is 1. The van der Waals surface area contributed by atoms with E-state index in [1.165, 1.54) is 12.3 Å². The van der Waals surface area contributed by atoms with Gasteiger partial charge in [-0.25, -0.2) is 0 Å². The highest BCUT2D eigenvalue weighted by atomic mass is 16.6. The first-order valence-electron chi connectivity index (χ1n) is 3.21. The molecule has 1 rings (SSSR count). The van der Waals surface area contributed by atoms with Crippen LogP contribution in [0.5, 0.6) is 0 Å². The molecule has 0 aliphatic heterocycles. The van der Waals surface area contributed by atoms with Crippen LogP contribution in [0.25, 0.3) is 0 Å². The minimum atomic E-state index is -0.738. The molecule has 0 amide bonds. The average Bonchev–Trinajstić information content (AvgIpc) is 2.05. The third kappa shape index (κ3) is 1.48. The molecule has 0 saturated carbocycles. The molecule has 0 aliphatic rings. The molecule has 0 unspecified atom stereocenters. The lowest BCUT2D eigenvalue weighted by molar-refractivity contribution is -0.386. The number of aromatic amines is 1. The summed E-state index contributed by atoms with van der Waals surface area (Å²) in [4.78, 5) is 22.5. The molecular weight excluding hydrogens is 162 g/mol. The summed E-state index contributed by atoms with van der Waals surface area (Å²) in [5.41, 5.74) is 4.57. The van der Waals surface area contributed by atoms with Crippen LogP contribution < -0.4 is 11.3 Å². The fourth-order valence-electron chi connectivity index (χ4n) is 0.768. The van der Waals surface area contributed by atoms with Crippen molar-refractivity contribution in [2.24, 2.45) is 5.73 Å². The second-order valence-corrected chi connectivity index (χ2v) is 2.18. The van der Waals surface area contributed by atoms with Gasteiger partial charge in [0, 0.05) is 18.8 Å². The first-order valence-corrected chi connectivity index (χ1v) is 3.21. The molecule has 1 aromatic rings. The van der Waals surface area contributed by atoms with E-state index in [-0.39, 0.29) is 6.54 Å². The molecule has 1 heterocycles. The average molecular weight is 169 g/mol. The summed E-state index contributed by atoms with van der Waals surface area (Å²) in [5, 5.41) is 10.2. The van der Waals surface area contributed by atoms with Crippen LogP contribution in [-0.4, -0.2) is 9.91 Å². The van der Waals surface area contributed by atoms with Gasteiger partial charge in [-0.15, -0.1) is 0 Å². The third-order valence-electron chi connectivity index (χ3n) is 1.38. The van der Waals surface area contributed by atoms with Gasteiger partial charge in [0.25, 0.3) is 0 Å². The Morgan fingerprint density at radius 2 is 2.33 bits per heavy atom. The normalized spacial score (nSPS) is 9.75. The summed E-state index contributed by atoms with van der Waals surface area (Å²) >= 11 is 0. The molecule has 6 heteroatoms. The van der Waals surface area contributed by atoms with Gasteiger partial charge in [0.2, 0.25) is 0 Å². The van der Waals surface area contributed by atoms with E-state index in [4.69, 9.17) is 5.73 Å². The Labute approximate surface area is 67.2 Å². The van der Waals surface area contributed by atoms with Gasteiger partial charge in [-0.05, 0) is 5.56 Å². The van der Waals surface area contributed by atoms with E-state index in [0.29, 0.717) is 5.56 Å². The molecule has 3 N–H and O–H groups in total. The number of rotatable bonds is 2. The Morgan fingerprint density at radius 3 is 2.83 bits per heavy atom. The zero-order valence-electron chi connectivity index (χ0n) is 6.11. The number of hydrogen-bond acceptors (Lipinski definition) is 4. The number of nitrogens with one attached hydrogen (secondary N) is 1. The Bertz CT molecular complexity index is 357. The molecule has 12 heavy (non-hydrogen) atoms. The molecule has 0 aliphatic carbocycles. The Balaban J connectivity index is 3.26. The van der Waals surface area contributed by atoms with Crippen LogP contribution in [0.1, 0.15) is 5.56 Å². The summed E-state index contributed by atoms with van der Waals surface area (Å²) in [6, 6.07) is 1.17. The Kier molecular flexibility index (Phi) is 2.20. The lowest BCUT2D eigenvalue weighted by Gasteiger charge is -1.94. The van der Waals surface area contributed by atoms with Gasteiger partial charge in [0.1, 0.15) is 0 Å². The van der Waals surface area contributed by atoms with Gasteiger partial charge < -0.3 is 10.7 Å². The first-order chi connectivity index (χ1) is 5.65. The van der Waals surface area contributed by atoms with Gasteiger partial charge in [0.15, 0.2) is 0 Å². The predicted octanol–water partition coefficient (Wildman–Crippen LogP) is -0.258. The SMILES string of the molecule is NCc1c[nH]c(=O)c([N+](=O)[O-])c1. The third-order valence-corrected chi connectivity index (χ3v) is 1.38. The highest BCUT2D eigenvalue weighted by Gasteiger charge is 2.11. The fraction of sp³-hybridized carbons (Fsp3) is 0.167. The fourth-order valence-corrected chi connectivity index (χ4v) is 0.768. The van der Waals surface area contributed by atoms with Crippen molar-refractivity contribution in [2.45, 2.75) is 6.54 Å². The van der Waals surface area contributed by atoms with Gasteiger partial charge in [-0.1, -0.05) is 0 Å². The zero-order chi connectivity index (χ0) is 9.14. The zero-order valence-corrected chi connectivity index (χ0v) is 6.11. The molecule has 6 nitrogen and oxygen atoms in total. The Morgan fingerprint density at radius 1 is 1.67 bits per heavy atom. The minimum Gasteiger partial charge on any atom is -0.326 e. The lowest BCUT2D eigenvalue weighted by atomic mass is 10.3. The van der Waals surface area contributed by atoms with Gasteiger partial charge in [-0.2, -0.15) is 0 Å². The van der Waals surface area contributed by atoms with Crippen molar-refractivity contribution >= 4 is 5.69 Å². The number of hydrogen-bond donors (Lipinski definition) is 2. The second kappa shape index (κ2) is 3.14. The highest BCUT2D eigenvalue weighted by Crippen LogP contribution is 2.04. The largest absolute Gasteiger partial charge is 0.334 e. The summed E-state index contributed by atoms with van der Waals surface area (Å²) in [6.07, 6.45) is 1.36. The van der Waals surface area contributed by atoms with Crippen molar-refractivity contribution in [3.05, 3.63) is 38.3 Å². The highest BCUT2D eigenvalue weighted by molar-refractivity contribution is 5.29. The quantitative estimate of drug-likeness (QED) is 0.470. The molecule has 0 spiro atoms. The Hall–Kier alpha value is -1.69. The van der Waals surface area contributed by atoms with Crippen molar-refractivity contribution in [3.63, 3.8) is 0 Å². The van der Waals surface area contributed by atoms with Crippen molar-refractivity contribution in [1.82, 2.24) is 4.98 Å². The van der Waals surface area contributed by atoms with E-state index in [9.17, 15) is 14.9 Å². The molecule has 0 saturated heterocycles. The van der Waals surface area contributed by atoms with Crippen LogP contribution in [0.4, 0.5) is 5.69 Å². The van der Waals surface area contributed by atoms with Crippen LogP contribution >= 0.6 is 0 Å². The van der Waals surface area contributed by atoms with Crippen LogP contribution in [0.2, 0.25) is 0 Å². The van der Waals surface area contributed by atoms with Crippen LogP contribution in [0, 0.1) is 10.1 Å². The first kappa shape index (κ1) is 8.41. The molecule has 0 bridgehead atoms. The predicted molar refractivity (Wildman–Crippen MR) is 41.6 cm³/mol. The van der Waals surface area contributed by atoms with Gasteiger partial charge in [-0.3, -0.25) is 14.9 Å². The van der Waals surface area contributed by atoms with Gasteiger partial charge in [0.05, 0.1) is 4.92 Å². The number of nitro groups is 1. The summed E-state index contributed by atoms with van der Waals surface area (Å²) < 4.78 is 0. The van der Waals surface area contributed by atoms with E-state index in [0.717, 1.165) is 0 Å². The summed E-state index contributed by atoms with van der Waals surface area (Å²) in [7, 11) is 0. The summed E-state index contributed by atoms with van der Waals surface area (Å²) in [6.45, 7) is 0.164. The molecule has 0 fully saturated rings. The van der Waals surface area contributed by atoms with E-state index in [1.54, 1.807) is 0 Å². The molecule has 0 aromatic carbocycles. The smallest absolute Gasteiger partial charge is 0.326 e. The minimum absolute atomic E-state index is 0.164. The number of nitrogens with two attached hydrogens (primary N) is 1. The van der Waals surface area contributed by atoms with E-state index in [2.05, 4.69) is 4.98 Å². The van der Waals surface area contributed by atoms with Crippen molar-refractivity contribution in [2.75, 3.05) is 0 Å². The van der Waals surface area contributed by atoms with Crippen molar-refractivity contribution in [1.29, 1.82) is 0 Å². The van der Waals surface area contributed by atoms with E-state index >= 15 is 0 Å². The maximum absolute atomic E-state index is 10.8. The monoisotopic (exact) mass is 169 g/mol. The van der Waals surface area contributed by atoms with Crippen molar-refractivity contribution < 1.29 is 4.92 Å². The molecule has 1 aromatic heterocycles. The standard InChI is InChI=1S/C6H7N3O3/c7-2-4-1-5(9(11)12)6(10)8-3-4/h1,3H,2,7H2,(H,8,10). The van der Waals surface area contributed by atoms with Crippen molar-refractivity contribution in [3.8, 4) is 0 Å². The van der Waals surface area contributed by atoms with Gasteiger partial charge >= 0.3 is 11.2 Å². The second-order valence-electron chi connectivity index (χ2n) is 2.18. The van der Waals surface area contributed by atoms with Crippen LogP contribution in [-0.2, 0) is 6.54 Å². The molecule has 0 radical (unpaired) electrons. The maximum atomic E-state index is 10.8. The number of aromatic nitrogens is 1. The lowest BCUT2D eigenvalue weighted by Crippen LogP contribution is -2.12.